The molecule has 1 aliphatic rings. The smallest absolute Gasteiger partial charge is 0.305 e. The summed E-state index contributed by atoms with van der Waals surface area (Å²) in [5, 5.41) is 21.2. The van der Waals surface area contributed by atoms with Crippen molar-refractivity contribution >= 4 is 69.5 Å². The number of Topliss-reactive ketones (excluding diaryl/α,β-unsaturated/α-hetero) is 2. The molecule has 17 heteroatoms. The number of carbonyl (C=O) groups is 8. The van der Waals surface area contributed by atoms with E-state index in [4.69, 9.17) is 0 Å². The maximum absolute atomic E-state index is 13.5. The largest absolute Gasteiger partial charge is 0.481 e. The number of aliphatic carboxylic acids is 1. The highest BCUT2D eigenvalue weighted by molar-refractivity contribution is 5.98. The predicted molar refractivity (Wildman–Crippen MR) is 240 cm³/mol. The number of amides is 5. The van der Waals surface area contributed by atoms with Crippen LogP contribution in [0.5, 0.6) is 0 Å². The van der Waals surface area contributed by atoms with E-state index in [2.05, 4.69) is 31.2 Å². The first kappa shape index (κ1) is 48.1. The SMILES string of the molecule is CC(=O)CC(=O)CCc1ccc(NC(=O)CCCC(=O)NCCCCCC(=O)NCCCN2Cc3cc(C(=O)N(C)Cc4nc5ccccc5[nH]4)ccc3N[C@@H](CC(=O)O)C2=O)cc1. The first-order valence-electron chi connectivity index (χ1n) is 21.8. The van der Waals surface area contributed by atoms with Crippen LogP contribution in [-0.4, -0.2) is 105 Å². The molecule has 64 heavy (non-hydrogen) atoms. The molecule has 0 unspecified atom stereocenters. The molecular weight excluding hydrogens is 821 g/mol. The van der Waals surface area contributed by atoms with Gasteiger partial charge in [-0.15, -0.1) is 0 Å². The van der Waals surface area contributed by atoms with E-state index in [1.165, 1.54) is 6.92 Å². The third-order valence-corrected chi connectivity index (χ3v) is 10.7. The molecule has 5 amide bonds. The third kappa shape index (κ3) is 15.5. The molecule has 3 aromatic carbocycles. The van der Waals surface area contributed by atoms with E-state index < -0.39 is 18.4 Å². The van der Waals surface area contributed by atoms with Crippen LogP contribution in [0.2, 0.25) is 0 Å². The zero-order chi connectivity index (χ0) is 46.0. The summed E-state index contributed by atoms with van der Waals surface area (Å²) in [6.07, 6.45) is 3.88. The van der Waals surface area contributed by atoms with Gasteiger partial charge in [0.1, 0.15) is 23.4 Å². The molecule has 2 heterocycles. The predicted octanol–water partition coefficient (Wildman–Crippen LogP) is 4.91. The molecule has 340 valence electrons. The van der Waals surface area contributed by atoms with Crippen LogP contribution in [0.25, 0.3) is 11.0 Å². The Morgan fingerprint density at radius 3 is 2.25 bits per heavy atom. The highest BCUT2D eigenvalue weighted by Crippen LogP contribution is 2.27. The van der Waals surface area contributed by atoms with Crippen molar-refractivity contribution in [3.05, 3.63) is 89.2 Å². The molecule has 1 aliphatic heterocycles. The fraction of sp³-hybridized carbons (Fsp3) is 0.426. The van der Waals surface area contributed by atoms with Crippen molar-refractivity contribution in [3.63, 3.8) is 0 Å². The lowest BCUT2D eigenvalue weighted by Crippen LogP contribution is -2.42. The van der Waals surface area contributed by atoms with Crippen molar-refractivity contribution < 1.29 is 43.5 Å². The van der Waals surface area contributed by atoms with Gasteiger partial charge in [-0.05, 0) is 92.6 Å². The van der Waals surface area contributed by atoms with Gasteiger partial charge in [0, 0.05) is 75.8 Å². The number of aryl methyl sites for hydroxylation is 1. The number of carboxylic acids is 1. The summed E-state index contributed by atoms with van der Waals surface area (Å²) >= 11 is 0. The molecule has 6 N–H and O–H groups in total. The van der Waals surface area contributed by atoms with Gasteiger partial charge < -0.3 is 41.2 Å². The number of anilines is 2. The van der Waals surface area contributed by atoms with Gasteiger partial charge in [-0.25, -0.2) is 4.98 Å². The number of benzene rings is 3. The number of unbranched alkanes of at least 4 members (excludes halogenated alkanes) is 2. The number of nitrogens with zero attached hydrogens (tertiary/aromatic N) is 3. The second-order valence-corrected chi connectivity index (χ2v) is 16.2. The molecule has 0 fully saturated rings. The van der Waals surface area contributed by atoms with Crippen LogP contribution in [0, 0.1) is 0 Å². The Morgan fingerprint density at radius 1 is 0.828 bits per heavy atom. The summed E-state index contributed by atoms with van der Waals surface area (Å²) in [5.41, 5.74) is 4.88. The van der Waals surface area contributed by atoms with Crippen LogP contribution < -0.4 is 21.3 Å². The molecule has 5 rings (SSSR count). The number of H-pyrrole nitrogens is 1. The summed E-state index contributed by atoms with van der Waals surface area (Å²) in [6, 6.07) is 18.8. The first-order valence-corrected chi connectivity index (χ1v) is 21.8. The van der Waals surface area contributed by atoms with E-state index in [9.17, 15) is 43.5 Å². The highest BCUT2D eigenvalue weighted by Gasteiger charge is 2.31. The number of rotatable bonds is 25. The normalized spacial score (nSPS) is 13.3. The van der Waals surface area contributed by atoms with Crippen molar-refractivity contribution in [1.29, 1.82) is 0 Å². The maximum atomic E-state index is 13.5. The van der Waals surface area contributed by atoms with Gasteiger partial charge in [0.15, 0.2) is 0 Å². The molecule has 0 bridgehead atoms. The number of fused-ring (bicyclic) bond motifs is 2. The quantitative estimate of drug-likeness (QED) is 0.0386. The molecule has 0 saturated carbocycles. The molecule has 0 saturated heterocycles. The van der Waals surface area contributed by atoms with E-state index in [0.29, 0.717) is 79.9 Å². The lowest BCUT2D eigenvalue weighted by molar-refractivity contribution is -0.141. The molecular formula is C47H58N8O9. The minimum absolute atomic E-state index is 0.0538. The Morgan fingerprint density at radius 2 is 1.53 bits per heavy atom. The Bertz CT molecular complexity index is 2280. The zero-order valence-electron chi connectivity index (χ0n) is 36.5. The minimum Gasteiger partial charge on any atom is -0.481 e. The van der Waals surface area contributed by atoms with Crippen molar-refractivity contribution in [2.45, 2.75) is 103 Å². The van der Waals surface area contributed by atoms with Crippen molar-refractivity contribution in [1.82, 2.24) is 30.4 Å². The van der Waals surface area contributed by atoms with E-state index in [0.717, 1.165) is 23.0 Å². The molecule has 0 radical (unpaired) electrons. The molecule has 0 aliphatic carbocycles. The Hall–Kier alpha value is -6.91. The molecule has 0 spiro atoms. The van der Waals surface area contributed by atoms with Gasteiger partial charge in [-0.1, -0.05) is 30.7 Å². The number of para-hydroxylation sites is 2. The minimum atomic E-state index is -1.13. The maximum Gasteiger partial charge on any atom is 0.305 e. The van der Waals surface area contributed by atoms with Gasteiger partial charge in [0.2, 0.25) is 23.6 Å². The average Bonchev–Trinajstić information content (AvgIpc) is 3.62. The fourth-order valence-electron chi connectivity index (χ4n) is 7.38. The first-order chi connectivity index (χ1) is 30.7. The Labute approximate surface area is 372 Å². The lowest BCUT2D eigenvalue weighted by Gasteiger charge is -2.24. The lowest BCUT2D eigenvalue weighted by atomic mass is 10.0. The Balaban J connectivity index is 0.954. The Kier molecular flexibility index (Phi) is 18.1. The summed E-state index contributed by atoms with van der Waals surface area (Å²) in [5.74, 6) is -1.85. The van der Waals surface area contributed by atoms with Gasteiger partial charge >= 0.3 is 5.97 Å². The van der Waals surface area contributed by atoms with E-state index in [-0.39, 0.29) is 86.4 Å². The summed E-state index contributed by atoms with van der Waals surface area (Å²) in [7, 11) is 1.68. The monoisotopic (exact) mass is 878 g/mol. The fourth-order valence-corrected chi connectivity index (χ4v) is 7.38. The van der Waals surface area contributed by atoms with Crippen LogP contribution >= 0.6 is 0 Å². The van der Waals surface area contributed by atoms with Gasteiger partial charge in [0.05, 0.1) is 30.4 Å². The molecule has 17 nitrogen and oxygen atoms in total. The number of nitrogens with one attached hydrogen (secondary N) is 5. The zero-order valence-corrected chi connectivity index (χ0v) is 36.5. The van der Waals surface area contributed by atoms with E-state index >= 15 is 0 Å². The molecule has 1 aromatic heterocycles. The third-order valence-electron chi connectivity index (χ3n) is 10.7. The summed E-state index contributed by atoms with van der Waals surface area (Å²) in [4.78, 5) is 110. The topological polar surface area (TPSA) is 240 Å². The standard InChI is InChI=1S/C47H58N8O9/c1-31(56)26-36(57)21-17-32-15-19-35(20-16-32)50-44(60)14-8-13-43(59)48-23-7-3-4-12-42(58)49-24-9-25-55-29-34-27-33(18-22-37(34)51-40(47(55)64)28-45(61)62)46(63)54(2)30-41-52-38-10-5-6-11-39(38)53-41/h5-6,10-11,15-16,18-20,22,27,40,51H,3-4,7-9,12-14,17,21,23-26,28-30H2,1-2H3,(H,48,59)(H,49,58)(H,50,60)(H,52,53)(H,61,62)/t40-/m0/s1. The number of carboxylic acid groups (broad SMARTS) is 1. The van der Waals surface area contributed by atoms with Crippen molar-refractivity contribution in [2.75, 3.05) is 37.3 Å². The second-order valence-electron chi connectivity index (χ2n) is 16.2. The number of hydrogen-bond acceptors (Lipinski definition) is 10. The number of ketones is 2. The number of aromatic amines is 1. The number of hydrogen-bond donors (Lipinski definition) is 6. The van der Waals surface area contributed by atoms with Crippen LogP contribution in [0.15, 0.2) is 66.7 Å². The summed E-state index contributed by atoms with van der Waals surface area (Å²) < 4.78 is 0. The van der Waals surface area contributed by atoms with Crippen molar-refractivity contribution in [3.8, 4) is 0 Å². The number of aromatic nitrogens is 2. The van der Waals surface area contributed by atoms with Gasteiger partial charge in [-0.2, -0.15) is 0 Å². The molecule has 1 atom stereocenters. The van der Waals surface area contributed by atoms with Crippen LogP contribution in [0.4, 0.5) is 11.4 Å². The van der Waals surface area contributed by atoms with Crippen LogP contribution in [0.3, 0.4) is 0 Å². The van der Waals surface area contributed by atoms with E-state index in [1.54, 1.807) is 47.2 Å². The van der Waals surface area contributed by atoms with Crippen molar-refractivity contribution in [2.24, 2.45) is 0 Å². The number of imidazole rings is 1. The second kappa shape index (κ2) is 24.1. The van der Waals surface area contributed by atoms with Gasteiger partial charge in [0.25, 0.3) is 5.91 Å². The highest BCUT2D eigenvalue weighted by atomic mass is 16.4. The van der Waals surface area contributed by atoms with Crippen LogP contribution in [0.1, 0.15) is 105 Å². The number of carbonyl (C=O) groups excluding carboxylic acids is 7. The van der Waals surface area contributed by atoms with Gasteiger partial charge in [-0.3, -0.25) is 38.4 Å². The molecule has 4 aromatic rings. The summed E-state index contributed by atoms with van der Waals surface area (Å²) in [6.45, 7) is 2.82. The average molecular weight is 879 g/mol. The van der Waals surface area contributed by atoms with Crippen LogP contribution in [-0.2, 0) is 53.1 Å². The van der Waals surface area contributed by atoms with E-state index in [1.807, 2.05) is 36.4 Å².